The molecule has 0 bridgehead atoms. The minimum atomic E-state index is -0.820. The van der Waals surface area contributed by atoms with E-state index in [1.54, 1.807) is 39.5 Å². The van der Waals surface area contributed by atoms with Gasteiger partial charge in [-0.1, -0.05) is 0 Å². The third kappa shape index (κ3) is 6.45. The molecule has 8 heteroatoms. The molecule has 3 N–H and O–H groups in total. The Morgan fingerprint density at radius 2 is 1.67 bits per heavy atom. The standard InChI is InChI=1S/C22H31N3O5/c1-6-23-22(25-16-8-9-20(29-5)21(12-16)30-7-2)24-14-19(26)15-10-17(27-3)13-18(11-15)28-4/h8-13,19,26H,6-7,14H2,1-5H3,(H2,23,24,25). The third-order valence-corrected chi connectivity index (χ3v) is 4.25. The Hall–Kier alpha value is -3.13. The number of methoxy groups -OCH3 is 3. The van der Waals surface area contributed by atoms with Crippen molar-refractivity contribution < 1.29 is 24.1 Å². The Morgan fingerprint density at radius 1 is 0.967 bits per heavy atom. The Morgan fingerprint density at radius 3 is 2.23 bits per heavy atom. The average molecular weight is 418 g/mol. The van der Waals surface area contributed by atoms with Gasteiger partial charge in [0, 0.05) is 24.4 Å². The monoisotopic (exact) mass is 417 g/mol. The van der Waals surface area contributed by atoms with Gasteiger partial charge in [0.1, 0.15) is 11.5 Å². The number of hydrogen-bond donors (Lipinski definition) is 3. The molecule has 1 atom stereocenters. The van der Waals surface area contributed by atoms with Gasteiger partial charge in [-0.05, 0) is 43.7 Å². The molecule has 0 aliphatic rings. The van der Waals surface area contributed by atoms with Crippen LogP contribution in [0, 0.1) is 0 Å². The molecular weight excluding hydrogens is 386 g/mol. The van der Waals surface area contributed by atoms with Gasteiger partial charge in [-0.2, -0.15) is 0 Å². The molecule has 0 fully saturated rings. The third-order valence-electron chi connectivity index (χ3n) is 4.25. The summed E-state index contributed by atoms with van der Waals surface area (Å²) in [5, 5.41) is 17.0. The summed E-state index contributed by atoms with van der Waals surface area (Å²) in [6.45, 7) is 5.24. The predicted molar refractivity (Wildman–Crippen MR) is 118 cm³/mol. The van der Waals surface area contributed by atoms with E-state index in [-0.39, 0.29) is 6.54 Å². The van der Waals surface area contributed by atoms with Gasteiger partial charge in [0.05, 0.1) is 40.6 Å². The fourth-order valence-electron chi connectivity index (χ4n) is 2.77. The Labute approximate surface area is 177 Å². The number of anilines is 1. The fraction of sp³-hybridized carbons (Fsp3) is 0.409. The highest BCUT2D eigenvalue weighted by atomic mass is 16.5. The molecule has 8 nitrogen and oxygen atoms in total. The molecule has 0 aliphatic heterocycles. The summed E-state index contributed by atoms with van der Waals surface area (Å²) < 4.78 is 21.5. The number of aliphatic imine (C=N–C) groups is 1. The SMILES string of the molecule is CCNC(=NCC(O)c1cc(OC)cc(OC)c1)Nc1ccc(OC)c(OCC)c1. The Bertz CT molecular complexity index is 819. The summed E-state index contributed by atoms with van der Waals surface area (Å²) in [4.78, 5) is 4.51. The van der Waals surface area contributed by atoms with Gasteiger partial charge in [-0.15, -0.1) is 0 Å². The minimum Gasteiger partial charge on any atom is -0.497 e. The van der Waals surface area contributed by atoms with Crippen molar-refractivity contribution in [3.8, 4) is 23.0 Å². The number of aliphatic hydroxyl groups is 1. The number of rotatable bonds is 10. The van der Waals surface area contributed by atoms with Gasteiger partial charge < -0.3 is 34.7 Å². The lowest BCUT2D eigenvalue weighted by molar-refractivity contribution is 0.186. The van der Waals surface area contributed by atoms with Crippen molar-refractivity contribution in [3.05, 3.63) is 42.0 Å². The Balaban J connectivity index is 2.17. The van der Waals surface area contributed by atoms with Crippen molar-refractivity contribution in [1.29, 1.82) is 0 Å². The van der Waals surface area contributed by atoms with Crippen LogP contribution < -0.4 is 29.6 Å². The van der Waals surface area contributed by atoms with Crippen molar-refractivity contribution in [3.63, 3.8) is 0 Å². The molecular formula is C22H31N3O5. The van der Waals surface area contributed by atoms with Crippen LogP contribution in [0.2, 0.25) is 0 Å². The first-order valence-corrected chi connectivity index (χ1v) is 9.81. The second kappa shape index (κ2) is 11.8. The molecule has 30 heavy (non-hydrogen) atoms. The molecule has 0 saturated carbocycles. The lowest BCUT2D eigenvalue weighted by atomic mass is 10.1. The topological polar surface area (TPSA) is 93.6 Å². The molecule has 0 amide bonds. The van der Waals surface area contributed by atoms with Crippen LogP contribution in [0.1, 0.15) is 25.5 Å². The number of nitrogens with one attached hydrogen (secondary N) is 2. The summed E-state index contributed by atoms with van der Waals surface area (Å²) in [5.41, 5.74) is 1.45. The van der Waals surface area contributed by atoms with Gasteiger partial charge in [-0.3, -0.25) is 0 Å². The van der Waals surface area contributed by atoms with Crippen LogP contribution in [-0.4, -0.2) is 52.1 Å². The van der Waals surface area contributed by atoms with E-state index in [1.165, 1.54) is 0 Å². The van der Waals surface area contributed by atoms with Crippen LogP contribution >= 0.6 is 0 Å². The number of hydrogen-bond acceptors (Lipinski definition) is 6. The zero-order valence-corrected chi connectivity index (χ0v) is 18.2. The molecule has 0 radical (unpaired) electrons. The van der Waals surface area contributed by atoms with Crippen LogP contribution in [0.4, 0.5) is 5.69 Å². The second-order valence-electron chi connectivity index (χ2n) is 6.31. The van der Waals surface area contributed by atoms with E-state index in [4.69, 9.17) is 18.9 Å². The van der Waals surface area contributed by atoms with E-state index in [0.29, 0.717) is 47.7 Å². The molecule has 2 aromatic rings. The maximum absolute atomic E-state index is 10.6. The summed E-state index contributed by atoms with van der Waals surface area (Å²) in [7, 11) is 4.74. The van der Waals surface area contributed by atoms with Crippen molar-refractivity contribution in [2.45, 2.75) is 20.0 Å². The fourth-order valence-corrected chi connectivity index (χ4v) is 2.77. The number of guanidine groups is 1. The maximum Gasteiger partial charge on any atom is 0.195 e. The van der Waals surface area contributed by atoms with E-state index in [1.807, 2.05) is 32.0 Å². The van der Waals surface area contributed by atoms with Gasteiger partial charge in [-0.25, -0.2) is 4.99 Å². The molecule has 0 heterocycles. The van der Waals surface area contributed by atoms with Crippen LogP contribution in [0.5, 0.6) is 23.0 Å². The molecule has 164 valence electrons. The lowest BCUT2D eigenvalue weighted by Crippen LogP contribution is -2.31. The normalized spacial score (nSPS) is 12.1. The highest BCUT2D eigenvalue weighted by Crippen LogP contribution is 2.30. The van der Waals surface area contributed by atoms with Gasteiger partial charge >= 0.3 is 0 Å². The first-order valence-electron chi connectivity index (χ1n) is 9.81. The van der Waals surface area contributed by atoms with Crippen molar-refractivity contribution in [2.24, 2.45) is 4.99 Å². The van der Waals surface area contributed by atoms with E-state index in [0.717, 1.165) is 5.69 Å². The largest absolute Gasteiger partial charge is 0.497 e. The Kier molecular flexibility index (Phi) is 9.08. The number of aliphatic hydroxyl groups excluding tert-OH is 1. The first kappa shape index (κ1) is 23.2. The van der Waals surface area contributed by atoms with Crippen LogP contribution in [0.3, 0.4) is 0 Å². The predicted octanol–water partition coefficient (Wildman–Crippen LogP) is 3.22. The first-order chi connectivity index (χ1) is 14.5. The zero-order chi connectivity index (χ0) is 21.9. The number of ether oxygens (including phenoxy) is 4. The molecule has 0 aliphatic carbocycles. The smallest absolute Gasteiger partial charge is 0.195 e. The maximum atomic E-state index is 10.6. The molecule has 1 unspecified atom stereocenters. The number of nitrogens with zero attached hydrogens (tertiary/aromatic N) is 1. The average Bonchev–Trinajstić information content (AvgIpc) is 2.77. The minimum absolute atomic E-state index is 0.153. The molecule has 0 saturated heterocycles. The summed E-state index contributed by atoms with van der Waals surface area (Å²) in [6.07, 6.45) is -0.820. The lowest BCUT2D eigenvalue weighted by Gasteiger charge is -2.16. The highest BCUT2D eigenvalue weighted by Gasteiger charge is 2.12. The van der Waals surface area contributed by atoms with Crippen LogP contribution in [-0.2, 0) is 0 Å². The van der Waals surface area contributed by atoms with E-state index >= 15 is 0 Å². The van der Waals surface area contributed by atoms with E-state index in [2.05, 4.69) is 15.6 Å². The summed E-state index contributed by atoms with van der Waals surface area (Å²) in [5.74, 6) is 3.06. The zero-order valence-electron chi connectivity index (χ0n) is 18.2. The second-order valence-corrected chi connectivity index (χ2v) is 6.31. The van der Waals surface area contributed by atoms with Gasteiger partial charge in [0.25, 0.3) is 0 Å². The van der Waals surface area contributed by atoms with Crippen LogP contribution in [0.25, 0.3) is 0 Å². The van der Waals surface area contributed by atoms with Crippen LogP contribution in [0.15, 0.2) is 41.4 Å². The van der Waals surface area contributed by atoms with Gasteiger partial charge in [0.15, 0.2) is 17.5 Å². The van der Waals surface area contributed by atoms with E-state index in [9.17, 15) is 5.11 Å². The van der Waals surface area contributed by atoms with Crippen molar-refractivity contribution in [1.82, 2.24) is 5.32 Å². The molecule has 0 aromatic heterocycles. The van der Waals surface area contributed by atoms with Gasteiger partial charge in [0.2, 0.25) is 0 Å². The molecule has 2 rings (SSSR count). The quantitative estimate of drug-likeness (QED) is 0.404. The van der Waals surface area contributed by atoms with Crippen molar-refractivity contribution >= 4 is 11.6 Å². The molecule has 0 spiro atoms. The summed E-state index contributed by atoms with van der Waals surface area (Å²) >= 11 is 0. The number of benzene rings is 2. The summed E-state index contributed by atoms with van der Waals surface area (Å²) in [6, 6.07) is 10.8. The molecule has 2 aromatic carbocycles. The highest BCUT2D eigenvalue weighted by molar-refractivity contribution is 5.93. The van der Waals surface area contributed by atoms with Crippen molar-refractivity contribution in [2.75, 3.05) is 46.3 Å². The van der Waals surface area contributed by atoms with E-state index < -0.39 is 6.10 Å².